The molecule has 1 heteroatoms. The van der Waals surface area contributed by atoms with Crippen LogP contribution in [-0.4, -0.2) is 0 Å². The van der Waals surface area contributed by atoms with E-state index < -0.39 is 0 Å². The molecule has 1 saturated carbocycles. The summed E-state index contributed by atoms with van der Waals surface area (Å²) in [6, 6.07) is 2.23. The lowest BCUT2D eigenvalue weighted by atomic mass is 9.72. The van der Waals surface area contributed by atoms with Gasteiger partial charge in [-0.15, -0.1) is 13.2 Å². The van der Waals surface area contributed by atoms with Gasteiger partial charge < -0.3 is 0 Å². The van der Waals surface area contributed by atoms with Crippen LogP contribution in [0.4, 0.5) is 0 Å². The molecule has 0 aromatic heterocycles. The van der Waals surface area contributed by atoms with Crippen LogP contribution in [0.5, 0.6) is 0 Å². The lowest BCUT2D eigenvalue weighted by Gasteiger charge is -2.32. The van der Waals surface area contributed by atoms with Crippen LogP contribution in [-0.2, 0) is 0 Å². The van der Waals surface area contributed by atoms with Gasteiger partial charge in [0.15, 0.2) is 0 Å². The summed E-state index contributed by atoms with van der Waals surface area (Å²) >= 11 is 0. The molecule has 1 fully saturated rings. The lowest BCUT2D eigenvalue weighted by molar-refractivity contribution is 0.234. The maximum absolute atomic E-state index is 8.56. The second-order valence-corrected chi connectivity index (χ2v) is 4.17. The van der Waals surface area contributed by atoms with Crippen LogP contribution in [0.2, 0.25) is 0 Å². The van der Waals surface area contributed by atoms with Gasteiger partial charge in [0.2, 0.25) is 0 Å². The van der Waals surface area contributed by atoms with Gasteiger partial charge in [-0.25, -0.2) is 0 Å². The largest absolute Gasteiger partial charge is 0.198 e. The molecule has 0 aromatic carbocycles. The van der Waals surface area contributed by atoms with Crippen molar-refractivity contribution in [3.63, 3.8) is 0 Å². The van der Waals surface area contributed by atoms with E-state index in [4.69, 9.17) is 5.26 Å². The highest BCUT2D eigenvalue weighted by Crippen LogP contribution is 2.37. The molecule has 1 aliphatic rings. The van der Waals surface area contributed by atoms with Crippen molar-refractivity contribution in [2.45, 2.75) is 32.1 Å². The summed E-state index contributed by atoms with van der Waals surface area (Å²) in [5.74, 6) is 1.94. The normalized spacial score (nSPS) is 31.8. The highest BCUT2D eigenvalue weighted by Gasteiger charge is 2.26. The topological polar surface area (TPSA) is 23.8 Å². The molecule has 0 saturated heterocycles. The molecule has 76 valence electrons. The number of allylic oxidation sites excluding steroid dienone is 2. The molecule has 0 N–H and O–H groups in total. The Kier molecular flexibility index (Phi) is 4.46. The zero-order valence-corrected chi connectivity index (χ0v) is 8.78. The predicted molar refractivity (Wildman–Crippen MR) is 59.6 cm³/mol. The van der Waals surface area contributed by atoms with E-state index in [9.17, 15) is 0 Å². The Hall–Kier alpha value is -1.03. The van der Waals surface area contributed by atoms with Crippen molar-refractivity contribution in [3.8, 4) is 6.07 Å². The van der Waals surface area contributed by atoms with Crippen molar-refractivity contribution in [3.05, 3.63) is 25.3 Å². The van der Waals surface area contributed by atoms with Crippen molar-refractivity contribution in [1.29, 1.82) is 5.26 Å². The Bertz CT molecular complexity index is 236. The number of nitriles is 1. The molecule has 1 nitrogen and oxygen atoms in total. The van der Waals surface area contributed by atoms with E-state index in [0.717, 1.165) is 6.42 Å². The third-order valence-corrected chi connectivity index (χ3v) is 3.35. The summed E-state index contributed by atoms with van der Waals surface area (Å²) in [7, 11) is 0. The number of rotatable bonds is 4. The first-order chi connectivity index (χ1) is 6.81. The lowest BCUT2D eigenvalue weighted by Crippen LogP contribution is -2.22. The van der Waals surface area contributed by atoms with E-state index >= 15 is 0 Å². The smallest absolute Gasteiger partial charge is 0.0621 e. The number of hydrogen-bond acceptors (Lipinski definition) is 1. The summed E-state index contributed by atoms with van der Waals surface area (Å²) < 4.78 is 0. The quantitative estimate of drug-likeness (QED) is 0.619. The molecule has 0 spiro atoms. The molecule has 3 unspecified atom stereocenters. The van der Waals surface area contributed by atoms with Gasteiger partial charge in [-0.2, -0.15) is 5.26 Å². The van der Waals surface area contributed by atoms with Crippen LogP contribution >= 0.6 is 0 Å². The van der Waals surface area contributed by atoms with Crippen LogP contribution in [0.25, 0.3) is 0 Å². The fourth-order valence-corrected chi connectivity index (χ4v) is 2.41. The Morgan fingerprint density at radius 2 is 2.07 bits per heavy atom. The van der Waals surface area contributed by atoms with E-state index in [1.54, 1.807) is 0 Å². The van der Waals surface area contributed by atoms with Gasteiger partial charge >= 0.3 is 0 Å². The van der Waals surface area contributed by atoms with Crippen LogP contribution in [0, 0.1) is 29.1 Å². The number of nitrogens with zero attached hydrogens (tertiary/aromatic N) is 1. The van der Waals surface area contributed by atoms with Gasteiger partial charge in [0, 0.05) is 6.42 Å². The molecule has 1 aliphatic carbocycles. The standard InChI is InChI=1S/C13H19N/c1-3-11-7-8-13(6-5-9-14)12(4-2)10-11/h3-4,11-13H,1-2,5-8,10H2. The maximum atomic E-state index is 8.56. The molecule has 3 atom stereocenters. The second-order valence-electron chi connectivity index (χ2n) is 4.17. The Morgan fingerprint density at radius 1 is 1.29 bits per heavy atom. The van der Waals surface area contributed by atoms with E-state index in [1.165, 1.54) is 19.3 Å². The minimum absolute atomic E-state index is 0.597. The molecule has 0 aliphatic heterocycles. The van der Waals surface area contributed by atoms with Gasteiger partial charge in [-0.3, -0.25) is 0 Å². The van der Waals surface area contributed by atoms with Crippen LogP contribution in [0.15, 0.2) is 25.3 Å². The Morgan fingerprint density at radius 3 is 2.64 bits per heavy atom. The molecule has 0 aromatic rings. The van der Waals surface area contributed by atoms with E-state index in [2.05, 4.69) is 31.4 Å². The first-order valence-corrected chi connectivity index (χ1v) is 5.43. The van der Waals surface area contributed by atoms with E-state index in [-0.39, 0.29) is 0 Å². The minimum atomic E-state index is 0.597. The highest BCUT2D eigenvalue weighted by atomic mass is 14.3. The molecule has 0 bridgehead atoms. The first kappa shape index (κ1) is 11.0. The van der Waals surface area contributed by atoms with Crippen LogP contribution in [0.3, 0.4) is 0 Å². The fourth-order valence-electron chi connectivity index (χ4n) is 2.41. The molecule has 1 rings (SSSR count). The van der Waals surface area contributed by atoms with E-state index in [1.807, 2.05) is 0 Å². The fraction of sp³-hybridized carbons (Fsp3) is 0.615. The third-order valence-electron chi connectivity index (χ3n) is 3.35. The third kappa shape index (κ3) is 2.73. The number of hydrogen-bond donors (Lipinski definition) is 0. The van der Waals surface area contributed by atoms with Crippen molar-refractivity contribution in [2.75, 3.05) is 0 Å². The maximum Gasteiger partial charge on any atom is 0.0621 e. The zero-order chi connectivity index (χ0) is 10.4. The van der Waals surface area contributed by atoms with Crippen LogP contribution in [0.1, 0.15) is 32.1 Å². The molecule has 0 heterocycles. The summed E-state index contributed by atoms with van der Waals surface area (Å²) in [5.41, 5.74) is 0. The van der Waals surface area contributed by atoms with E-state index in [0.29, 0.717) is 24.2 Å². The summed E-state index contributed by atoms with van der Waals surface area (Å²) in [5, 5.41) is 8.56. The second kappa shape index (κ2) is 5.65. The average Bonchev–Trinajstić information content (AvgIpc) is 2.26. The molecule has 14 heavy (non-hydrogen) atoms. The molecular weight excluding hydrogens is 170 g/mol. The minimum Gasteiger partial charge on any atom is -0.198 e. The van der Waals surface area contributed by atoms with Crippen molar-refractivity contribution >= 4 is 0 Å². The van der Waals surface area contributed by atoms with Gasteiger partial charge in [0.05, 0.1) is 6.07 Å². The summed E-state index contributed by atoms with van der Waals surface area (Å²) in [6.07, 6.45) is 9.52. The Balaban J connectivity index is 2.48. The summed E-state index contributed by atoms with van der Waals surface area (Å²) in [4.78, 5) is 0. The van der Waals surface area contributed by atoms with Gasteiger partial charge in [-0.05, 0) is 43.4 Å². The first-order valence-electron chi connectivity index (χ1n) is 5.43. The van der Waals surface area contributed by atoms with Crippen molar-refractivity contribution in [2.24, 2.45) is 17.8 Å². The van der Waals surface area contributed by atoms with Crippen molar-refractivity contribution < 1.29 is 0 Å². The van der Waals surface area contributed by atoms with Crippen molar-refractivity contribution in [1.82, 2.24) is 0 Å². The average molecular weight is 189 g/mol. The van der Waals surface area contributed by atoms with Gasteiger partial charge in [0.1, 0.15) is 0 Å². The molecular formula is C13H19N. The predicted octanol–water partition coefficient (Wildman–Crippen LogP) is 3.69. The Labute approximate surface area is 87.1 Å². The van der Waals surface area contributed by atoms with Crippen LogP contribution < -0.4 is 0 Å². The molecule has 0 amide bonds. The zero-order valence-electron chi connectivity index (χ0n) is 8.78. The summed E-state index contributed by atoms with van der Waals surface area (Å²) in [6.45, 7) is 7.75. The van der Waals surface area contributed by atoms with Gasteiger partial charge in [-0.1, -0.05) is 12.2 Å². The highest BCUT2D eigenvalue weighted by molar-refractivity contribution is 4.95. The molecule has 0 radical (unpaired) electrons. The SMILES string of the molecule is C=CC1CCC(CCC#N)C(C=C)C1. The van der Waals surface area contributed by atoms with Gasteiger partial charge in [0.25, 0.3) is 0 Å². The monoisotopic (exact) mass is 189 g/mol.